The highest BCUT2D eigenvalue weighted by molar-refractivity contribution is 7.22. The molecule has 0 N–H and O–H groups in total. The number of amides is 1. The van der Waals surface area contributed by atoms with Crippen molar-refractivity contribution < 1.29 is 9.53 Å². The molecule has 2 heterocycles. The molecule has 1 amide bonds. The molecule has 0 aliphatic heterocycles. The normalized spacial score (nSPS) is 11.5. The molecule has 3 aromatic rings. The van der Waals surface area contributed by atoms with Crippen molar-refractivity contribution in [2.24, 2.45) is 0 Å². The van der Waals surface area contributed by atoms with Gasteiger partial charge in [0.25, 0.3) is 5.91 Å². The first kappa shape index (κ1) is 20.3. The number of benzene rings is 1. The standard InChI is InChI=1S/C20H27N5O2S/c1-14(2)25-17(9-10-21-25)19(26)24(12-6-11-23(3)4)20-22-16-8-7-15(27-5)13-18(16)28-20/h7-10,13-14H,6,11-12H2,1-5H3. The van der Waals surface area contributed by atoms with Gasteiger partial charge in [0.15, 0.2) is 5.13 Å². The Morgan fingerprint density at radius 1 is 1.25 bits per heavy atom. The van der Waals surface area contributed by atoms with Crippen LogP contribution in [0.3, 0.4) is 0 Å². The van der Waals surface area contributed by atoms with Crippen molar-refractivity contribution in [2.75, 3.05) is 39.2 Å². The Bertz CT molecular complexity index is 947. The summed E-state index contributed by atoms with van der Waals surface area (Å²) in [4.78, 5) is 22.0. The lowest BCUT2D eigenvalue weighted by molar-refractivity contribution is 0.0974. The number of ether oxygens (including phenoxy) is 1. The summed E-state index contributed by atoms with van der Waals surface area (Å²) in [6, 6.07) is 7.65. The van der Waals surface area contributed by atoms with E-state index in [1.54, 1.807) is 29.0 Å². The maximum atomic E-state index is 13.4. The van der Waals surface area contributed by atoms with Crippen LogP contribution in [0.4, 0.5) is 5.13 Å². The Morgan fingerprint density at radius 3 is 2.71 bits per heavy atom. The molecule has 0 atom stereocenters. The van der Waals surface area contributed by atoms with E-state index >= 15 is 0 Å². The second-order valence-corrected chi connectivity index (χ2v) is 8.21. The summed E-state index contributed by atoms with van der Waals surface area (Å²) in [5.74, 6) is 0.710. The number of nitrogens with zero attached hydrogens (tertiary/aromatic N) is 5. The lowest BCUT2D eigenvalue weighted by Crippen LogP contribution is -2.35. The summed E-state index contributed by atoms with van der Waals surface area (Å²) in [5.41, 5.74) is 1.44. The first-order chi connectivity index (χ1) is 13.4. The number of carbonyl (C=O) groups excluding carboxylic acids is 1. The Kier molecular flexibility index (Phi) is 6.31. The second-order valence-electron chi connectivity index (χ2n) is 7.20. The van der Waals surface area contributed by atoms with Crippen LogP contribution in [0.25, 0.3) is 10.2 Å². The summed E-state index contributed by atoms with van der Waals surface area (Å²) in [6.07, 6.45) is 2.53. The molecular weight excluding hydrogens is 374 g/mol. The molecule has 0 bridgehead atoms. The second kappa shape index (κ2) is 8.70. The van der Waals surface area contributed by atoms with Gasteiger partial charge >= 0.3 is 0 Å². The molecule has 8 heteroatoms. The van der Waals surface area contributed by atoms with Crippen LogP contribution < -0.4 is 9.64 Å². The largest absolute Gasteiger partial charge is 0.497 e. The van der Waals surface area contributed by atoms with Gasteiger partial charge in [0.05, 0.1) is 17.3 Å². The van der Waals surface area contributed by atoms with Gasteiger partial charge in [0.2, 0.25) is 0 Å². The molecule has 0 fully saturated rings. The van der Waals surface area contributed by atoms with Gasteiger partial charge in [-0.3, -0.25) is 14.4 Å². The van der Waals surface area contributed by atoms with Crippen molar-refractivity contribution in [1.82, 2.24) is 19.7 Å². The number of thiazole rings is 1. The number of rotatable bonds is 8. The average Bonchev–Trinajstić information content (AvgIpc) is 3.30. The van der Waals surface area contributed by atoms with Gasteiger partial charge in [-0.15, -0.1) is 0 Å². The predicted molar refractivity (Wildman–Crippen MR) is 114 cm³/mol. The molecule has 2 aromatic heterocycles. The Hall–Kier alpha value is -2.45. The van der Waals surface area contributed by atoms with E-state index < -0.39 is 0 Å². The van der Waals surface area contributed by atoms with Gasteiger partial charge in [-0.1, -0.05) is 11.3 Å². The van der Waals surface area contributed by atoms with Gasteiger partial charge < -0.3 is 9.64 Å². The summed E-state index contributed by atoms with van der Waals surface area (Å²) < 4.78 is 8.07. The van der Waals surface area contributed by atoms with E-state index in [0.29, 0.717) is 17.4 Å². The van der Waals surface area contributed by atoms with Crippen molar-refractivity contribution >= 4 is 32.6 Å². The van der Waals surface area contributed by atoms with Gasteiger partial charge in [-0.25, -0.2) is 4.98 Å². The zero-order chi connectivity index (χ0) is 20.3. The van der Waals surface area contributed by atoms with Crippen LogP contribution in [0, 0.1) is 0 Å². The molecule has 150 valence electrons. The zero-order valence-corrected chi connectivity index (χ0v) is 17.9. The van der Waals surface area contributed by atoms with E-state index in [2.05, 4.69) is 10.00 Å². The fraction of sp³-hybridized carbons (Fsp3) is 0.450. The summed E-state index contributed by atoms with van der Waals surface area (Å²) in [5, 5.41) is 5.01. The van der Waals surface area contributed by atoms with Crippen molar-refractivity contribution in [3.05, 3.63) is 36.2 Å². The minimum absolute atomic E-state index is 0.0732. The molecule has 28 heavy (non-hydrogen) atoms. The highest BCUT2D eigenvalue weighted by Crippen LogP contribution is 2.32. The highest BCUT2D eigenvalue weighted by atomic mass is 32.1. The average molecular weight is 402 g/mol. The minimum Gasteiger partial charge on any atom is -0.497 e. The quantitative estimate of drug-likeness (QED) is 0.576. The number of aromatic nitrogens is 3. The maximum Gasteiger partial charge on any atom is 0.278 e. The van der Waals surface area contributed by atoms with Crippen molar-refractivity contribution in [1.29, 1.82) is 0 Å². The lowest BCUT2D eigenvalue weighted by Gasteiger charge is -2.22. The molecule has 0 radical (unpaired) electrons. The summed E-state index contributed by atoms with van der Waals surface area (Å²) in [7, 11) is 5.71. The third-order valence-electron chi connectivity index (χ3n) is 4.43. The number of fused-ring (bicyclic) bond motifs is 1. The van der Waals surface area contributed by atoms with E-state index in [1.807, 2.05) is 46.1 Å². The zero-order valence-electron chi connectivity index (χ0n) is 17.0. The van der Waals surface area contributed by atoms with Crippen LogP contribution in [0.2, 0.25) is 0 Å². The molecule has 0 spiro atoms. The third kappa shape index (κ3) is 4.34. The number of methoxy groups -OCH3 is 1. The van der Waals surface area contributed by atoms with Crippen LogP contribution >= 0.6 is 11.3 Å². The lowest BCUT2D eigenvalue weighted by atomic mass is 10.3. The van der Waals surface area contributed by atoms with E-state index in [0.717, 1.165) is 28.9 Å². The first-order valence-electron chi connectivity index (χ1n) is 9.35. The topological polar surface area (TPSA) is 63.5 Å². The van der Waals surface area contributed by atoms with Crippen LogP contribution in [0.5, 0.6) is 5.75 Å². The van der Waals surface area contributed by atoms with E-state index in [4.69, 9.17) is 9.72 Å². The summed E-state index contributed by atoms with van der Waals surface area (Å²) >= 11 is 1.50. The molecule has 0 unspecified atom stereocenters. The first-order valence-corrected chi connectivity index (χ1v) is 10.2. The van der Waals surface area contributed by atoms with Crippen LogP contribution in [-0.2, 0) is 0 Å². The Labute approximate surface area is 169 Å². The van der Waals surface area contributed by atoms with Crippen molar-refractivity contribution in [3.8, 4) is 5.75 Å². The van der Waals surface area contributed by atoms with Gasteiger partial charge in [0.1, 0.15) is 11.4 Å². The van der Waals surface area contributed by atoms with E-state index in [1.165, 1.54) is 11.3 Å². The van der Waals surface area contributed by atoms with Crippen LogP contribution in [0.15, 0.2) is 30.5 Å². The minimum atomic E-state index is -0.0732. The van der Waals surface area contributed by atoms with Gasteiger partial charge in [-0.05, 0) is 65.2 Å². The number of hydrogen-bond donors (Lipinski definition) is 0. The number of carbonyl (C=O) groups is 1. The fourth-order valence-corrected chi connectivity index (χ4v) is 4.02. The SMILES string of the molecule is COc1ccc2nc(N(CCCN(C)C)C(=O)c3ccnn3C(C)C)sc2c1. The number of hydrogen-bond acceptors (Lipinski definition) is 6. The van der Waals surface area contributed by atoms with E-state index in [-0.39, 0.29) is 11.9 Å². The Balaban J connectivity index is 1.96. The highest BCUT2D eigenvalue weighted by Gasteiger charge is 2.24. The molecule has 0 saturated carbocycles. The van der Waals surface area contributed by atoms with E-state index in [9.17, 15) is 4.79 Å². The smallest absolute Gasteiger partial charge is 0.278 e. The monoisotopic (exact) mass is 401 g/mol. The van der Waals surface area contributed by atoms with Gasteiger partial charge in [-0.2, -0.15) is 5.10 Å². The molecule has 1 aromatic carbocycles. The molecule has 0 saturated heterocycles. The van der Waals surface area contributed by atoms with Crippen LogP contribution in [0.1, 0.15) is 36.8 Å². The molecular formula is C20H27N5O2S. The third-order valence-corrected chi connectivity index (χ3v) is 5.47. The Morgan fingerprint density at radius 2 is 2.04 bits per heavy atom. The van der Waals surface area contributed by atoms with Crippen molar-refractivity contribution in [2.45, 2.75) is 26.3 Å². The summed E-state index contributed by atoms with van der Waals surface area (Å²) in [6.45, 7) is 5.53. The molecule has 0 aliphatic rings. The van der Waals surface area contributed by atoms with Crippen molar-refractivity contribution in [3.63, 3.8) is 0 Å². The predicted octanol–water partition coefficient (Wildman–Crippen LogP) is 3.68. The molecule has 7 nitrogen and oxygen atoms in total. The van der Waals surface area contributed by atoms with Gasteiger partial charge in [0, 0.05) is 18.8 Å². The molecule has 3 rings (SSSR count). The molecule has 0 aliphatic carbocycles. The van der Waals surface area contributed by atoms with Crippen LogP contribution in [-0.4, -0.2) is 59.9 Å². The fourth-order valence-electron chi connectivity index (χ4n) is 3.00. The maximum absolute atomic E-state index is 13.4. The number of anilines is 1.